The average Bonchev–Trinajstić information content (AvgIpc) is 2.67. The minimum atomic E-state index is -0.00301. The van der Waals surface area contributed by atoms with Crippen LogP contribution in [-0.4, -0.2) is 11.6 Å². The van der Waals surface area contributed by atoms with Gasteiger partial charge >= 0.3 is 0 Å². The summed E-state index contributed by atoms with van der Waals surface area (Å²) in [5, 5.41) is 4.23. The number of hydrogen-bond donors (Lipinski definition) is 1. The van der Waals surface area contributed by atoms with Crippen molar-refractivity contribution >= 4 is 11.6 Å². The Labute approximate surface area is 151 Å². The molecule has 0 aromatic heterocycles. The van der Waals surface area contributed by atoms with Gasteiger partial charge in [-0.3, -0.25) is 4.79 Å². The topological polar surface area (TPSA) is 41.5 Å². The van der Waals surface area contributed by atoms with Gasteiger partial charge in [0.05, 0.1) is 5.71 Å². The van der Waals surface area contributed by atoms with Crippen molar-refractivity contribution in [3.8, 4) is 11.1 Å². The normalized spacial score (nSPS) is 11.4. The van der Waals surface area contributed by atoms with E-state index in [9.17, 15) is 4.79 Å². The highest BCUT2D eigenvalue weighted by molar-refractivity contribution is 5.99. The second-order valence-corrected chi connectivity index (χ2v) is 6.34. The molecule has 25 heavy (non-hydrogen) atoms. The van der Waals surface area contributed by atoms with E-state index < -0.39 is 0 Å². The van der Waals surface area contributed by atoms with Crippen molar-refractivity contribution in [1.29, 1.82) is 0 Å². The molecule has 1 amide bonds. The summed E-state index contributed by atoms with van der Waals surface area (Å²) in [5.74, 6) is -0.00301. The number of hydrogen-bond acceptors (Lipinski definition) is 2. The van der Waals surface area contributed by atoms with Gasteiger partial charge in [0.1, 0.15) is 0 Å². The van der Waals surface area contributed by atoms with Gasteiger partial charge in [0, 0.05) is 6.42 Å². The van der Waals surface area contributed by atoms with Crippen LogP contribution in [-0.2, 0) is 4.79 Å². The molecule has 0 aliphatic heterocycles. The zero-order chi connectivity index (χ0) is 17.9. The lowest BCUT2D eigenvalue weighted by Gasteiger charge is -2.05. The Morgan fingerprint density at radius 2 is 1.52 bits per heavy atom. The second-order valence-electron chi connectivity index (χ2n) is 6.34. The van der Waals surface area contributed by atoms with Gasteiger partial charge in [-0.2, -0.15) is 5.10 Å². The molecule has 132 valence electrons. The van der Waals surface area contributed by atoms with Crippen LogP contribution in [0, 0.1) is 0 Å². The van der Waals surface area contributed by atoms with Gasteiger partial charge in [0.2, 0.25) is 5.91 Å². The third-order valence-corrected chi connectivity index (χ3v) is 4.27. The van der Waals surface area contributed by atoms with E-state index in [-0.39, 0.29) is 5.91 Å². The van der Waals surface area contributed by atoms with E-state index in [0.717, 1.165) is 24.1 Å². The first-order chi connectivity index (χ1) is 12.2. The summed E-state index contributed by atoms with van der Waals surface area (Å²) >= 11 is 0. The Morgan fingerprint density at radius 3 is 2.20 bits per heavy atom. The van der Waals surface area contributed by atoms with Crippen molar-refractivity contribution in [2.24, 2.45) is 5.10 Å². The fourth-order valence-corrected chi connectivity index (χ4v) is 2.69. The lowest BCUT2D eigenvalue weighted by Crippen LogP contribution is -2.18. The highest BCUT2D eigenvalue weighted by Crippen LogP contribution is 2.19. The van der Waals surface area contributed by atoms with Crippen LogP contribution in [0.2, 0.25) is 0 Å². The fraction of sp³-hybridized carbons (Fsp3) is 0.364. The Kier molecular flexibility index (Phi) is 7.90. The summed E-state index contributed by atoms with van der Waals surface area (Å²) in [6.07, 6.45) is 6.28. The molecule has 0 heterocycles. The van der Waals surface area contributed by atoms with Crippen LogP contribution in [0.5, 0.6) is 0 Å². The number of carbonyl (C=O) groups excluding carboxylic acids is 1. The maximum Gasteiger partial charge on any atom is 0.240 e. The molecule has 0 spiro atoms. The molecule has 0 aliphatic carbocycles. The Hall–Kier alpha value is -2.42. The van der Waals surface area contributed by atoms with Crippen LogP contribution < -0.4 is 5.43 Å². The summed E-state index contributed by atoms with van der Waals surface area (Å²) in [4.78, 5) is 11.8. The number of rotatable bonds is 9. The van der Waals surface area contributed by atoms with Gasteiger partial charge in [-0.15, -0.1) is 0 Å². The van der Waals surface area contributed by atoms with Gasteiger partial charge in [0.15, 0.2) is 0 Å². The quantitative estimate of drug-likeness (QED) is 0.364. The van der Waals surface area contributed by atoms with E-state index in [1.54, 1.807) is 0 Å². The molecule has 2 aromatic carbocycles. The number of unbranched alkanes of at least 4 members (excludes halogenated alkanes) is 4. The molecule has 0 bridgehead atoms. The largest absolute Gasteiger partial charge is 0.273 e. The standard InChI is InChI=1S/C22H28N2O/c1-3-4-5-6-10-13-22(25)24-23-18(2)19-14-16-21(17-15-19)20-11-8-7-9-12-20/h7-9,11-12,14-17H,3-6,10,13H2,1-2H3,(H,24,25). The lowest BCUT2D eigenvalue weighted by molar-refractivity contribution is -0.121. The molecule has 0 saturated carbocycles. The summed E-state index contributed by atoms with van der Waals surface area (Å²) in [6.45, 7) is 4.11. The molecule has 2 rings (SSSR count). The summed E-state index contributed by atoms with van der Waals surface area (Å²) in [5.41, 5.74) is 6.87. The van der Waals surface area contributed by atoms with Gasteiger partial charge < -0.3 is 0 Å². The van der Waals surface area contributed by atoms with Crippen LogP contribution in [0.15, 0.2) is 59.7 Å². The van der Waals surface area contributed by atoms with E-state index in [2.05, 4.69) is 41.7 Å². The van der Waals surface area contributed by atoms with E-state index >= 15 is 0 Å². The van der Waals surface area contributed by atoms with Crippen molar-refractivity contribution in [2.45, 2.75) is 52.4 Å². The Morgan fingerprint density at radius 1 is 0.880 bits per heavy atom. The first-order valence-corrected chi connectivity index (χ1v) is 9.19. The molecule has 0 fully saturated rings. The summed E-state index contributed by atoms with van der Waals surface area (Å²) in [7, 11) is 0. The molecule has 0 saturated heterocycles. The Bertz CT molecular complexity index is 675. The predicted octanol–water partition coefficient (Wildman–Crippen LogP) is 5.55. The van der Waals surface area contributed by atoms with Crippen molar-refractivity contribution in [3.05, 3.63) is 60.2 Å². The molecule has 0 radical (unpaired) electrons. The highest BCUT2D eigenvalue weighted by Gasteiger charge is 2.03. The van der Waals surface area contributed by atoms with Gasteiger partial charge in [-0.25, -0.2) is 5.43 Å². The second kappa shape index (κ2) is 10.4. The lowest BCUT2D eigenvalue weighted by atomic mass is 10.0. The molecule has 1 N–H and O–H groups in total. The zero-order valence-electron chi connectivity index (χ0n) is 15.3. The van der Waals surface area contributed by atoms with Crippen molar-refractivity contribution in [3.63, 3.8) is 0 Å². The first kappa shape index (κ1) is 18.9. The van der Waals surface area contributed by atoms with E-state index in [1.165, 1.54) is 30.4 Å². The number of carbonyl (C=O) groups is 1. The molecule has 3 heteroatoms. The van der Waals surface area contributed by atoms with Crippen LogP contribution in [0.1, 0.15) is 57.9 Å². The maximum atomic E-state index is 11.8. The fourth-order valence-electron chi connectivity index (χ4n) is 2.69. The minimum absolute atomic E-state index is 0.00301. The van der Waals surface area contributed by atoms with E-state index in [1.807, 2.05) is 37.3 Å². The monoisotopic (exact) mass is 336 g/mol. The zero-order valence-corrected chi connectivity index (χ0v) is 15.3. The number of hydrazone groups is 1. The number of nitrogens with one attached hydrogen (secondary N) is 1. The molecule has 3 nitrogen and oxygen atoms in total. The van der Waals surface area contributed by atoms with Crippen LogP contribution in [0.4, 0.5) is 0 Å². The smallest absolute Gasteiger partial charge is 0.240 e. The van der Waals surface area contributed by atoms with Crippen molar-refractivity contribution in [1.82, 2.24) is 5.43 Å². The number of nitrogens with zero attached hydrogens (tertiary/aromatic N) is 1. The molecule has 0 unspecified atom stereocenters. The first-order valence-electron chi connectivity index (χ1n) is 9.19. The molecular formula is C22H28N2O. The van der Waals surface area contributed by atoms with Crippen LogP contribution in [0.25, 0.3) is 11.1 Å². The van der Waals surface area contributed by atoms with Crippen LogP contribution in [0.3, 0.4) is 0 Å². The summed E-state index contributed by atoms with van der Waals surface area (Å²) in [6, 6.07) is 18.5. The molecule has 2 aromatic rings. The summed E-state index contributed by atoms with van der Waals surface area (Å²) < 4.78 is 0. The number of amides is 1. The molecular weight excluding hydrogens is 308 g/mol. The SMILES string of the molecule is CCCCCCCC(=O)NN=C(C)c1ccc(-c2ccccc2)cc1. The third-order valence-electron chi connectivity index (χ3n) is 4.27. The average molecular weight is 336 g/mol. The van der Waals surface area contributed by atoms with E-state index in [0.29, 0.717) is 6.42 Å². The van der Waals surface area contributed by atoms with Gasteiger partial charge in [-0.05, 0) is 30.0 Å². The Balaban J connectivity index is 1.84. The van der Waals surface area contributed by atoms with Crippen LogP contribution >= 0.6 is 0 Å². The molecule has 0 aliphatic rings. The minimum Gasteiger partial charge on any atom is -0.273 e. The third kappa shape index (κ3) is 6.54. The number of benzene rings is 2. The highest BCUT2D eigenvalue weighted by atomic mass is 16.2. The maximum absolute atomic E-state index is 11.8. The molecule has 0 atom stereocenters. The van der Waals surface area contributed by atoms with Gasteiger partial charge in [-0.1, -0.05) is 87.2 Å². The van der Waals surface area contributed by atoms with E-state index in [4.69, 9.17) is 0 Å². The van der Waals surface area contributed by atoms with Crippen molar-refractivity contribution < 1.29 is 4.79 Å². The predicted molar refractivity (Wildman–Crippen MR) is 106 cm³/mol. The van der Waals surface area contributed by atoms with Crippen molar-refractivity contribution in [2.75, 3.05) is 0 Å². The van der Waals surface area contributed by atoms with Gasteiger partial charge in [0.25, 0.3) is 0 Å².